The number of aliphatic hydroxyl groups is 1. The van der Waals surface area contributed by atoms with E-state index in [1.54, 1.807) is 0 Å². The highest BCUT2D eigenvalue weighted by Crippen LogP contribution is 2.45. The van der Waals surface area contributed by atoms with Crippen LogP contribution in [0.25, 0.3) is 0 Å². The Kier molecular flexibility index (Phi) is 3.10. The van der Waals surface area contributed by atoms with Gasteiger partial charge in [0.25, 0.3) is 0 Å². The van der Waals surface area contributed by atoms with Crippen LogP contribution in [-0.4, -0.2) is 24.0 Å². The average molecular weight is 199 g/mol. The molecule has 0 saturated heterocycles. The lowest BCUT2D eigenvalue weighted by Gasteiger charge is -2.48. The molecular weight excluding hydrogens is 178 g/mol. The van der Waals surface area contributed by atoms with E-state index < -0.39 is 6.29 Å². The van der Waals surface area contributed by atoms with Crippen molar-refractivity contribution in [1.29, 1.82) is 0 Å². The zero-order chi connectivity index (χ0) is 10.1. The highest BCUT2D eigenvalue weighted by molar-refractivity contribution is 4.96. The van der Waals surface area contributed by atoms with E-state index in [9.17, 15) is 5.11 Å². The van der Waals surface area contributed by atoms with Gasteiger partial charge in [-0.15, -0.1) is 0 Å². The summed E-state index contributed by atoms with van der Waals surface area (Å²) in [6.45, 7) is 2.48. The first kappa shape index (κ1) is 10.4. The fraction of sp³-hybridized carbons (Fsp3) is 1.00. The second-order valence-electron chi connectivity index (χ2n) is 4.68. The third-order valence-electron chi connectivity index (χ3n) is 4.02. The zero-order valence-corrected chi connectivity index (χ0v) is 8.86. The fourth-order valence-electron chi connectivity index (χ4n) is 3.25. The Bertz CT molecular complexity index is 188. The van der Waals surface area contributed by atoms with Crippen molar-refractivity contribution < 1.29 is 9.84 Å². The Balaban J connectivity index is 2.03. The lowest BCUT2D eigenvalue weighted by Crippen LogP contribution is -2.54. The van der Waals surface area contributed by atoms with Crippen LogP contribution >= 0.6 is 0 Å². The quantitative estimate of drug-likeness (QED) is 0.669. The van der Waals surface area contributed by atoms with Crippen molar-refractivity contribution >= 4 is 0 Å². The van der Waals surface area contributed by atoms with Crippen LogP contribution < -0.4 is 5.73 Å². The summed E-state index contributed by atoms with van der Waals surface area (Å²) < 4.78 is 5.28. The molecule has 3 rings (SSSR count). The van der Waals surface area contributed by atoms with Crippen LogP contribution in [0.1, 0.15) is 32.6 Å². The van der Waals surface area contributed by atoms with Crippen molar-refractivity contribution in [2.75, 3.05) is 6.61 Å². The molecule has 0 aromatic heterocycles. The summed E-state index contributed by atoms with van der Waals surface area (Å²) in [6, 6.07) is 0.157. The molecule has 3 saturated carbocycles. The maximum Gasteiger partial charge on any atom is 0.159 e. The van der Waals surface area contributed by atoms with Gasteiger partial charge in [-0.25, -0.2) is 0 Å². The minimum Gasteiger partial charge on any atom is -0.368 e. The van der Waals surface area contributed by atoms with Gasteiger partial charge in [0.2, 0.25) is 0 Å². The molecule has 2 bridgehead atoms. The second-order valence-corrected chi connectivity index (χ2v) is 4.68. The van der Waals surface area contributed by atoms with E-state index in [4.69, 9.17) is 10.5 Å². The van der Waals surface area contributed by atoms with Gasteiger partial charge in [-0.1, -0.05) is 0 Å². The molecule has 3 aliphatic carbocycles. The number of nitrogens with two attached hydrogens (primary N) is 1. The Hall–Kier alpha value is -0.120. The van der Waals surface area contributed by atoms with E-state index in [-0.39, 0.29) is 12.0 Å². The van der Waals surface area contributed by atoms with Gasteiger partial charge in [0.15, 0.2) is 6.29 Å². The first-order chi connectivity index (χ1) is 6.74. The van der Waals surface area contributed by atoms with Gasteiger partial charge in [0, 0.05) is 18.6 Å². The highest BCUT2D eigenvalue weighted by Gasteiger charge is 2.45. The Morgan fingerprint density at radius 1 is 1.29 bits per heavy atom. The minimum absolute atomic E-state index is 0.157. The number of fused-ring (bicyclic) bond motifs is 3. The van der Waals surface area contributed by atoms with Crippen LogP contribution in [-0.2, 0) is 4.74 Å². The van der Waals surface area contributed by atoms with Crippen LogP contribution in [0.5, 0.6) is 0 Å². The van der Waals surface area contributed by atoms with E-state index in [0.29, 0.717) is 18.4 Å². The van der Waals surface area contributed by atoms with Gasteiger partial charge in [-0.05, 0) is 44.4 Å². The fourth-order valence-corrected chi connectivity index (χ4v) is 3.25. The van der Waals surface area contributed by atoms with Crippen molar-refractivity contribution in [1.82, 2.24) is 0 Å². The molecule has 0 aromatic rings. The molecule has 3 N–H and O–H groups in total. The Morgan fingerprint density at radius 3 is 2.36 bits per heavy atom. The molecular formula is C11H21NO2. The van der Waals surface area contributed by atoms with Gasteiger partial charge >= 0.3 is 0 Å². The van der Waals surface area contributed by atoms with E-state index in [0.717, 1.165) is 0 Å². The van der Waals surface area contributed by atoms with Gasteiger partial charge in [-0.3, -0.25) is 0 Å². The average Bonchev–Trinajstić information content (AvgIpc) is 2.19. The minimum atomic E-state index is -0.636. The third kappa shape index (κ3) is 1.69. The zero-order valence-electron chi connectivity index (χ0n) is 8.86. The van der Waals surface area contributed by atoms with Crippen LogP contribution in [0.3, 0.4) is 0 Å². The molecule has 0 aliphatic heterocycles. The molecule has 3 heteroatoms. The maximum atomic E-state index is 9.86. The molecule has 3 aliphatic rings. The van der Waals surface area contributed by atoms with Crippen molar-refractivity contribution in [3.63, 3.8) is 0 Å². The van der Waals surface area contributed by atoms with Crippen LogP contribution in [0.15, 0.2) is 0 Å². The van der Waals surface area contributed by atoms with Crippen molar-refractivity contribution in [2.45, 2.75) is 44.9 Å². The summed E-state index contributed by atoms with van der Waals surface area (Å²) in [7, 11) is 0. The Morgan fingerprint density at radius 2 is 1.86 bits per heavy atom. The predicted molar refractivity (Wildman–Crippen MR) is 54.5 cm³/mol. The van der Waals surface area contributed by atoms with E-state index >= 15 is 0 Å². The summed E-state index contributed by atoms with van der Waals surface area (Å²) in [6.07, 6.45) is 4.32. The summed E-state index contributed by atoms with van der Waals surface area (Å²) >= 11 is 0. The highest BCUT2D eigenvalue weighted by atomic mass is 16.6. The van der Waals surface area contributed by atoms with Crippen LogP contribution in [0.2, 0.25) is 0 Å². The molecule has 0 heterocycles. The van der Waals surface area contributed by atoms with Gasteiger partial charge < -0.3 is 15.6 Å². The number of aliphatic hydroxyl groups excluding tert-OH is 1. The molecule has 82 valence electrons. The van der Waals surface area contributed by atoms with Gasteiger partial charge in [0.05, 0.1) is 0 Å². The van der Waals surface area contributed by atoms with Gasteiger partial charge in [-0.2, -0.15) is 0 Å². The van der Waals surface area contributed by atoms with E-state index in [1.807, 2.05) is 6.92 Å². The summed E-state index contributed by atoms with van der Waals surface area (Å²) in [5.74, 6) is 1.40. The molecule has 0 aromatic carbocycles. The summed E-state index contributed by atoms with van der Waals surface area (Å²) in [4.78, 5) is 0. The molecule has 0 amide bonds. The van der Waals surface area contributed by atoms with Crippen LogP contribution in [0, 0.1) is 17.8 Å². The number of ether oxygens (including phenoxy) is 1. The van der Waals surface area contributed by atoms with Crippen LogP contribution in [0.4, 0.5) is 0 Å². The normalized spacial score (nSPS) is 43.9. The van der Waals surface area contributed by atoms with Crippen molar-refractivity contribution in [3.05, 3.63) is 0 Å². The number of hydrogen-bond acceptors (Lipinski definition) is 3. The first-order valence-corrected chi connectivity index (χ1v) is 5.79. The third-order valence-corrected chi connectivity index (χ3v) is 4.02. The summed E-state index contributed by atoms with van der Waals surface area (Å²) in [5, 5.41) is 9.86. The summed E-state index contributed by atoms with van der Waals surface area (Å²) in [5.41, 5.74) is 6.16. The number of hydrogen-bond donors (Lipinski definition) is 2. The lowest BCUT2D eigenvalue weighted by molar-refractivity contribution is -0.170. The number of rotatable bonds is 3. The molecule has 3 atom stereocenters. The van der Waals surface area contributed by atoms with Gasteiger partial charge in [0.1, 0.15) is 0 Å². The van der Waals surface area contributed by atoms with E-state index in [1.165, 1.54) is 25.7 Å². The second kappa shape index (κ2) is 4.17. The molecule has 0 spiro atoms. The largest absolute Gasteiger partial charge is 0.368 e. The standard InChI is InChI=1S/C11H21NO2/c1-2-14-11(13)9-7-3-5-8(6-4-7)10(9)12/h7-11,13H,2-6,12H2,1H3/t7-,8+,9?,10-,11?/m0/s1. The van der Waals surface area contributed by atoms with Crippen molar-refractivity contribution in [3.8, 4) is 0 Å². The Labute approximate surface area is 85.6 Å². The lowest BCUT2D eigenvalue weighted by atomic mass is 9.62. The van der Waals surface area contributed by atoms with Crippen molar-refractivity contribution in [2.24, 2.45) is 23.5 Å². The molecule has 3 nitrogen and oxygen atoms in total. The molecule has 0 radical (unpaired) electrons. The van der Waals surface area contributed by atoms with E-state index in [2.05, 4.69) is 0 Å². The SMILES string of the molecule is CCOC(O)C1[C@H]2CC[C@H](CC2)[C@@H]1N. The monoisotopic (exact) mass is 199 g/mol. The maximum absolute atomic E-state index is 9.86. The smallest absolute Gasteiger partial charge is 0.159 e. The predicted octanol–water partition coefficient (Wildman–Crippen LogP) is 1.10. The molecule has 3 fully saturated rings. The first-order valence-electron chi connectivity index (χ1n) is 5.79. The molecule has 14 heavy (non-hydrogen) atoms. The molecule has 2 unspecified atom stereocenters. The topological polar surface area (TPSA) is 55.5 Å².